The van der Waals surface area contributed by atoms with Gasteiger partial charge in [-0.2, -0.15) is 4.98 Å². The Morgan fingerprint density at radius 3 is 2.70 bits per heavy atom. The second kappa shape index (κ2) is 8.06. The number of piperidine rings is 1. The molecule has 2 aliphatic rings. The number of hydrogen-bond acceptors (Lipinski definition) is 7. The summed E-state index contributed by atoms with van der Waals surface area (Å²) in [6, 6.07) is 7.09. The first-order valence-electron chi connectivity index (χ1n) is 9.27. The van der Waals surface area contributed by atoms with Crippen molar-refractivity contribution in [1.82, 2.24) is 15.0 Å². The summed E-state index contributed by atoms with van der Waals surface area (Å²) in [4.78, 5) is 19.0. The van der Waals surface area contributed by atoms with Gasteiger partial charge in [-0.15, -0.1) is 0 Å². The molecule has 4 rings (SSSR count). The van der Waals surface area contributed by atoms with E-state index in [0.717, 1.165) is 25.8 Å². The lowest BCUT2D eigenvalue weighted by Gasteiger charge is -2.38. The van der Waals surface area contributed by atoms with Gasteiger partial charge in [0, 0.05) is 19.0 Å². The van der Waals surface area contributed by atoms with E-state index in [-0.39, 0.29) is 24.8 Å². The van der Waals surface area contributed by atoms with Gasteiger partial charge in [0.2, 0.25) is 11.7 Å². The Labute approximate surface area is 157 Å². The first-order valence-corrected chi connectivity index (χ1v) is 9.27. The van der Waals surface area contributed by atoms with Crippen molar-refractivity contribution in [2.75, 3.05) is 19.8 Å². The van der Waals surface area contributed by atoms with E-state index in [1.54, 1.807) is 31.2 Å². The number of aromatic nitrogens is 2. The van der Waals surface area contributed by atoms with E-state index in [1.807, 2.05) is 4.90 Å². The molecular weight excluding hydrogens is 350 g/mol. The van der Waals surface area contributed by atoms with Crippen molar-refractivity contribution in [1.29, 1.82) is 0 Å². The topological polar surface area (TPSA) is 86.9 Å². The Morgan fingerprint density at radius 1 is 1.22 bits per heavy atom. The lowest BCUT2D eigenvalue weighted by molar-refractivity contribution is -0.100. The normalized spacial score (nSPS) is 20.8. The molecule has 1 aromatic carbocycles. The summed E-state index contributed by atoms with van der Waals surface area (Å²) in [5, 5.41) is 3.79. The molecule has 8 nitrogen and oxygen atoms in total. The van der Waals surface area contributed by atoms with E-state index in [4.69, 9.17) is 18.7 Å². The van der Waals surface area contributed by atoms with Crippen molar-refractivity contribution in [2.45, 2.75) is 45.1 Å². The summed E-state index contributed by atoms with van der Waals surface area (Å²) in [6.45, 7) is 3.86. The van der Waals surface area contributed by atoms with Crippen molar-refractivity contribution in [3.05, 3.63) is 41.5 Å². The number of amides is 1. The number of nitrogens with zero attached hydrogens (tertiary/aromatic N) is 3. The highest BCUT2D eigenvalue weighted by Gasteiger charge is 2.36. The number of carbonyl (C=O) groups is 1. The Balaban J connectivity index is 1.40. The lowest BCUT2D eigenvalue weighted by Crippen LogP contribution is -2.50. The number of aryl methyl sites for hydroxylation is 1. The average Bonchev–Trinajstić information content (AvgIpc) is 3.38. The number of carbonyl (C=O) groups excluding carboxylic acids is 1. The van der Waals surface area contributed by atoms with Crippen LogP contribution in [0.1, 0.15) is 41.3 Å². The van der Waals surface area contributed by atoms with Gasteiger partial charge in [-0.1, -0.05) is 5.16 Å². The summed E-state index contributed by atoms with van der Waals surface area (Å²) in [5.74, 6) is 1.63. The molecular formula is C19H23N3O5. The molecule has 3 heterocycles. The molecule has 2 aromatic rings. The molecule has 8 heteroatoms. The number of hydrogen-bond donors (Lipinski definition) is 0. The van der Waals surface area contributed by atoms with E-state index in [2.05, 4.69) is 10.1 Å². The third-order valence-electron chi connectivity index (χ3n) is 4.81. The van der Waals surface area contributed by atoms with E-state index < -0.39 is 0 Å². The van der Waals surface area contributed by atoms with Crippen LogP contribution in [-0.4, -0.2) is 53.0 Å². The molecule has 0 saturated carbocycles. The quantitative estimate of drug-likeness (QED) is 0.795. The highest BCUT2D eigenvalue weighted by atomic mass is 16.7. The van der Waals surface area contributed by atoms with Crippen molar-refractivity contribution in [3.8, 4) is 5.75 Å². The lowest BCUT2D eigenvalue weighted by atomic mass is 10.00. The summed E-state index contributed by atoms with van der Waals surface area (Å²) in [7, 11) is 0. The molecule has 27 heavy (non-hydrogen) atoms. The molecule has 1 aromatic heterocycles. The largest absolute Gasteiger partial charge is 0.485 e. The molecule has 0 spiro atoms. The Kier molecular flexibility index (Phi) is 5.35. The van der Waals surface area contributed by atoms with E-state index >= 15 is 0 Å². The smallest absolute Gasteiger partial charge is 0.254 e. The summed E-state index contributed by atoms with van der Waals surface area (Å²) < 4.78 is 21.8. The third-order valence-corrected chi connectivity index (χ3v) is 4.81. The van der Waals surface area contributed by atoms with Crippen LogP contribution in [0.3, 0.4) is 0 Å². The van der Waals surface area contributed by atoms with Crippen LogP contribution in [0.15, 0.2) is 28.8 Å². The van der Waals surface area contributed by atoms with Gasteiger partial charge in [0.1, 0.15) is 5.75 Å². The summed E-state index contributed by atoms with van der Waals surface area (Å²) >= 11 is 0. The molecule has 144 valence electrons. The molecule has 0 bridgehead atoms. The van der Waals surface area contributed by atoms with Gasteiger partial charge >= 0.3 is 0 Å². The average molecular weight is 373 g/mol. The van der Waals surface area contributed by atoms with Gasteiger partial charge in [0.25, 0.3) is 5.91 Å². The number of likely N-dealkylation sites (tertiary alicyclic amines) is 1. The summed E-state index contributed by atoms with van der Waals surface area (Å²) in [5.41, 5.74) is 0.627. The fourth-order valence-electron chi connectivity index (χ4n) is 3.50. The molecule has 1 atom stereocenters. The number of ether oxygens (including phenoxy) is 3. The fraction of sp³-hybridized carbons (Fsp3) is 0.526. The minimum absolute atomic E-state index is 0.000794. The first-order chi connectivity index (χ1) is 13.2. The maximum absolute atomic E-state index is 13.0. The molecule has 2 fully saturated rings. The van der Waals surface area contributed by atoms with Crippen LogP contribution < -0.4 is 4.74 Å². The van der Waals surface area contributed by atoms with Crippen LogP contribution in [0, 0.1) is 6.92 Å². The standard InChI is InChI=1S/C19H23N3O5/c1-13-20-17(21-27-13)12-26-15-7-5-14(6-8-15)18(23)22-9-3-2-4-16(22)19-24-10-11-25-19/h5-8,16,19H,2-4,9-12H2,1H3. The predicted octanol–water partition coefficient (Wildman–Crippen LogP) is 2.32. The summed E-state index contributed by atoms with van der Waals surface area (Å²) in [6.07, 6.45) is 2.68. The van der Waals surface area contributed by atoms with Crippen LogP contribution in [0.5, 0.6) is 5.75 Å². The van der Waals surface area contributed by atoms with Gasteiger partial charge in [-0.25, -0.2) is 0 Å². The maximum Gasteiger partial charge on any atom is 0.254 e. The molecule has 0 N–H and O–H groups in total. The second-order valence-electron chi connectivity index (χ2n) is 6.71. The molecule has 1 unspecified atom stereocenters. The first kappa shape index (κ1) is 17.9. The van der Waals surface area contributed by atoms with Crippen molar-refractivity contribution < 1.29 is 23.5 Å². The van der Waals surface area contributed by atoms with Crippen LogP contribution in [0.25, 0.3) is 0 Å². The van der Waals surface area contributed by atoms with Gasteiger partial charge in [-0.3, -0.25) is 4.79 Å². The van der Waals surface area contributed by atoms with Crippen LogP contribution in [0.2, 0.25) is 0 Å². The number of rotatable bonds is 5. The Bertz CT molecular complexity index is 770. The fourth-order valence-corrected chi connectivity index (χ4v) is 3.50. The molecule has 2 saturated heterocycles. The highest BCUT2D eigenvalue weighted by molar-refractivity contribution is 5.94. The van der Waals surface area contributed by atoms with E-state index in [1.165, 1.54) is 0 Å². The monoisotopic (exact) mass is 373 g/mol. The minimum atomic E-state index is -0.310. The van der Waals surface area contributed by atoms with E-state index in [0.29, 0.717) is 36.2 Å². The zero-order chi connectivity index (χ0) is 18.6. The van der Waals surface area contributed by atoms with Crippen LogP contribution in [-0.2, 0) is 16.1 Å². The van der Waals surface area contributed by atoms with Crippen molar-refractivity contribution >= 4 is 5.91 Å². The SMILES string of the molecule is Cc1nc(COc2ccc(C(=O)N3CCCCC3C3OCCO3)cc2)no1. The van der Waals surface area contributed by atoms with Crippen molar-refractivity contribution in [3.63, 3.8) is 0 Å². The molecule has 1 amide bonds. The predicted molar refractivity (Wildman–Crippen MR) is 94.2 cm³/mol. The van der Waals surface area contributed by atoms with Crippen LogP contribution >= 0.6 is 0 Å². The highest BCUT2D eigenvalue weighted by Crippen LogP contribution is 2.26. The Hall–Kier alpha value is -2.45. The Morgan fingerprint density at radius 2 is 2.00 bits per heavy atom. The van der Waals surface area contributed by atoms with E-state index in [9.17, 15) is 4.79 Å². The van der Waals surface area contributed by atoms with Crippen molar-refractivity contribution in [2.24, 2.45) is 0 Å². The van der Waals surface area contributed by atoms with Crippen LogP contribution in [0.4, 0.5) is 0 Å². The zero-order valence-electron chi connectivity index (χ0n) is 15.3. The molecule has 0 radical (unpaired) electrons. The minimum Gasteiger partial charge on any atom is -0.485 e. The maximum atomic E-state index is 13.0. The second-order valence-corrected chi connectivity index (χ2v) is 6.71. The van der Waals surface area contributed by atoms with Gasteiger partial charge in [0.15, 0.2) is 12.9 Å². The molecule has 2 aliphatic heterocycles. The third kappa shape index (κ3) is 4.12. The van der Waals surface area contributed by atoms with Gasteiger partial charge in [0.05, 0.1) is 19.3 Å². The molecule has 0 aliphatic carbocycles. The number of benzene rings is 1. The van der Waals surface area contributed by atoms with Gasteiger partial charge < -0.3 is 23.6 Å². The van der Waals surface area contributed by atoms with Gasteiger partial charge in [-0.05, 0) is 43.5 Å². The zero-order valence-corrected chi connectivity index (χ0v) is 15.3.